The summed E-state index contributed by atoms with van der Waals surface area (Å²) in [4.78, 5) is 0. The predicted molar refractivity (Wildman–Crippen MR) is 114 cm³/mol. The van der Waals surface area contributed by atoms with Gasteiger partial charge in [-0.05, 0) is 50.3 Å². The molecule has 28 heavy (non-hydrogen) atoms. The van der Waals surface area contributed by atoms with Gasteiger partial charge in [0, 0.05) is 11.1 Å². The highest BCUT2D eigenvalue weighted by Gasteiger charge is 2.13. The van der Waals surface area contributed by atoms with E-state index in [1.54, 1.807) is 17.0 Å². The normalized spacial score (nSPS) is 11.4. The first kappa shape index (κ1) is 18.3. The summed E-state index contributed by atoms with van der Waals surface area (Å²) < 4.78 is 3.85. The lowest BCUT2D eigenvalue weighted by Gasteiger charge is -2.04. The van der Waals surface area contributed by atoms with Crippen molar-refractivity contribution in [1.29, 1.82) is 0 Å². The molecule has 0 spiro atoms. The van der Waals surface area contributed by atoms with Gasteiger partial charge in [0.2, 0.25) is 4.77 Å². The molecule has 0 bridgehead atoms. The van der Waals surface area contributed by atoms with Crippen molar-refractivity contribution in [2.24, 2.45) is 5.10 Å². The predicted octanol–water partition coefficient (Wildman–Crippen LogP) is 4.95. The number of benzene rings is 2. The fourth-order valence-electron chi connectivity index (χ4n) is 2.99. The summed E-state index contributed by atoms with van der Waals surface area (Å²) >= 11 is 11.7. The van der Waals surface area contributed by atoms with Crippen molar-refractivity contribution in [3.8, 4) is 17.1 Å². The monoisotopic (exact) mass is 408 g/mol. The Labute approximate surface area is 172 Å². The Morgan fingerprint density at radius 2 is 1.79 bits per heavy atom. The summed E-state index contributed by atoms with van der Waals surface area (Å²) in [5.74, 6) is 0.553. The molecule has 0 unspecified atom stereocenters. The van der Waals surface area contributed by atoms with Crippen LogP contribution in [0.25, 0.3) is 17.1 Å². The second-order valence-electron chi connectivity index (χ2n) is 6.22. The molecule has 0 saturated heterocycles. The summed E-state index contributed by atoms with van der Waals surface area (Å²) in [6, 6.07) is 17.4. The summed E-state index contributed by atoms with van der Waals surface area (Å²) in [6.07, 6.45) is 1.75. The lowest BCUT2D eigenvalue weighted by molar-refractivity contribution is 0.833. The molecule has 0 aliphatic carbocycles. The molecule has 8 heteroatoms. The molecule has 0 atom stereocenters. The number of rotatable bonds is 4. The fourth-order valence-corrected chi connectivity index (χ4v) is 3.39. The molecule has 0 saturated carbocycles. The number of H-pyrrole nitrogens is 1. The van der Waals surface area contributed by atoms with Crippen LogP contribution in [-0.2, 0) is 0 Å². The van der Waals surface area contributed by atoms with Crippen molar-refractivity contribution < 1.29 is 0 Å². The molecule has 4 aromatic rings. The van der Waals surface area contributed by atoms with Crippen molar-refractivity contribution in [2.75, 3.05) is 0 Å². The largest absolute Gasteiger partial charge is 0.250 e. The third kappa shape index (κ3) is 3.30. The zero-order chi connectivity index (χ0) is 19.7. The molecule has 0 amide bonds. The topological polar surface area (TPSA) is 63.8 Å². The molecule has 2 aromatic carbocycles. The number of hydrogen-bond donors (Lipinski definition) is 1. The molecule has 140 valence electrons. The molecule has 4 rings (SSSR count). The molecule has 1 N–H and O–H groups in total. The molecule has 2 aromatic heterocycles. The van der Waals surface area contributed by atoms with Crippen molar-refractivity contribution in [1.82, 2.24) is 24.7 Å². The fraction of sp³-hybridized carbons (Fsp3) is 0.100. The molecule has 0 aliphatic heterocycles. The van der Waals surface area contributed by atoms with E-state index in [4.69, 9.17) is 23.8 Å². The van der Waals surface area contributed by atoms with Crippen LogP contribution < -0.4 is 0 Å². The number of aryl methyl sites for hydroxylation is 1. The number of nitrogens with one attached hydrogen (secondary N) is 1. The summed E-state index contributed by atoms with van der Waals surface area (Å²) in [6.45, 7) is 3.97. The molecule has 0 radical (unpaired) electrons. The van der Waals surface area contributed by atoms with E-state index < -0.39 is 0 Å². The smallest absolute Gasteiger partial charge is 0.216 e. The highest BCUT2D eigenvalue weighted by Crippen LogP contribution is 2.26. The van der Waals surface area contributed by atoms with Crippen LogP contribution in [0.4, 0.5) is 0 Å². The van der Waals surface area contributed by atoms with Crippen LogP contribution in [-0.4, -0.2) is 30.9 Å². The maximum atomic E-state index is 6.31. The van der Waals surface area contributed by atoms with E-state index in [1.165, 1.54) is 0 Å². The molecule has 0 fully saturated rings. The van der Waals surface area contributed by atoms with Gasteiger partial charge in [0.15, 0.2) is 5.82 Å². The number of aromatic amines is 1. The van der Waals surface area contributed by atoms with Crippen molar-refractivity contribution >= 4 is 30.0 Å². The first-order chi connectivity index (χ1) is 13.6. The molecule has 6 nitrogen and oxygen atoms in total. The van der Waals surface area contributed by atoms with Crippen LogP contribution in [0.3, 0.4) is 0 Å². The number of hydrogen-bond acceptors (Lipinski definition) is 4. The number of aromatic nitrogens is 5. The molecule has 0 aliphatic rings. The van der Waals surface area contributed by atoms with Gasteiger partial charge in [-0.15, -0.1) is 0 Å². The van der Waals surface area contributed by atoms with E-state index in [0.29, 0.717) is 15.6 Å². The number of halogens is 1. The number of para-hydroxylation sites is 1. The maximum absolute atomic E-state index is 6.31. The highest BCUT2D eigenvalue weighted by atomic mass is 35.5. The van der Waals surface area contributed by atoms with Crippen molar-refractivity contribution in [3.05, 3.63) is 81.3 Å². The van der Waals surface area contributed by atoms with Crippen molar-refractivity contribution in [2.45, 2.75) is 13.8 Å². The van der Waals surface area contributed by atoms with E-state index in [0.717, 1.165) is 28.2 Å². The van der Waals surface area contributed by atoms with Gasteiger partial charge < -0.3 is 0 Å². The molecular formula is C20H17ClN6S. The third-order valence-electron chi connectivity index (χ3n) is 4.42. The van der Waals surface area contributed by atoms with Gasteiger partial charge in [0.25, 0.3) is 0 Å². The Morgan fingerprint density at radius 3 is 2.54 bits per heavy atom. The van der Waals surface area contributed by atoms with Crippen LogP contribution in [0.1, 0.15) is 17.0 Å². The van der Waals surface area contributed by atoms with Gasteiger partial charge in [0.05, 0.1) is 28.3 Å². The standard InChI is InChI=1S/C20H17ClN6S/c1-13-17(14(2)26(25-13)15-8-4-3-5-9-15)12-22-27-19(23-24-20(27)28)16-10-6-7-11-18(16)21/h3-12H,1-2H3,(H,24,28)/b22-12-. The lowest BCUT2D eigenvalue weighted by Crippen LogP contribution is -1.99. The summed E-state index contributed by atoms with van der Waals surface area (Å²) in [5.41, 5.74) is 4.54. The molecule has 2 heterocycles. The molecular weight excluding hydrogens is 392 g/mol. The average molecular weight is 409 g/mol. The Kier molecular flexibility index (Phi) is 4.93. The van der Waals surface area contributed by atoms with Crippen LogP contribution in [0.2, 0.25) is 5.02 Å². The van der Waals surface area contributed by atoms with Gasteiger partial charge >= 0.3 is 0 Å². The van der Waals surface area contributed by atoms with Crippen LogP contribution in [0, 0.1) is 18.6 Å². The first-order valence-corrected chi connectivity index (χ1v) is 9.43. The Bertz CT molecular complexity index is 1220. The van der Waals surface area contributed by atoms with Crippen LogP contribution >= 0.6 is 23.8 Å². The van der Waals surface area contributed by atoms with E-state index in [9.17, 15) is 0 Å². The quantitative estimate of drug-likeness (QED) is 0.384. The first-order valence-electron chi connectivity index (χ1n) is 8.64. The Morgan fingerprint density at radius 1 is 1.07 bits per heavy atom. The zero-order valence-electron chi connectivity index (χ0n) is 15.3. The zero-order valence-corrected chi connectivity index (χ0v) is 16.9. The van der Waals surface area contributed by atoms with Crippen molar-refractivity contribution in [3.63, 3.8) is 0 Å². The van der Waals surface area contributed by atoms with E-state index in [2.05, 4.69) is 20.4 Å². The van der Waals surface area contributed by atoms with Gasteiger partial charge in [-0.2, -0.15) is 20.0 Å². The minimum Gasteiger partial charge on any atom is -0.250 e. The second kappa shape index (κ2) is 7.53. The van der Waals surface area contributed by atoms with E-state index in [1.807, 2.05) is 67.1 Å². The Hall–Kier alpha value is -3.03. The van der Waals surface area contributed by atoms with Gasteiger partial charge in [-0.3, -0.25) is 0 Å². The van der Waals surface area contributed by atoms with Crippen LogP contribution in [0.5, 0.6) is 0 Å². The summed E-state index contributed by atoms with van der Waals surface area (Å²) in [5, 5.41) is 16.9. The summed E-state index contributed by atoms with van der Waals surface area (Å²) in [7, 11) is 0. The third-order valence-corrected chi connectivity index (χ3v) is 5.01. The maximum Gasteiger partial charge on any atom is 0.216 e. The average Bonchev–Trinajstić information content (AvgIpc) is 3.20. The van der Waals surface area contributed by atoms with E-state index >= 15 is 0 Å². The second-order valence-corrected chi connectivity index (χ2v) is 7.01. The SMILES string of the molecule is Cc1nn(-c2ccccc2)c(C)c1/C=N\n1c(-c2ccccc2Cl)n[nH]c1=S. The Balaban J connectivity index is 1.76. The number of nitrogens with zero attached hydrogens (tertiary/aromatic N) is 5. The van der Waals surface area contributed by atoms with E-state index in [-0.39, 0.29) is 0 Å². The highest BCUT2D eigenvalue weighted by molar-refractivity contribution is 7.71. The van der Waals surface area contributed by atoms with Gasteiger partial charge in [-0.25, -0.2) is 9.78 Å². The minimum atomic E-state index is 0.386. The minimum absolute atomic E-state index is 0.386. The van der Waals surface area contributed by atoms with Crippen LogP contribution in [0.15, 0.2) is 59.7 Å². The lowest BCUT2D eigenvalue weighted by atomic mass is 10.2. The van der Waals surface area contributed by atoms with Gasteiger partial charge in [-0.1, -0.05) is 41.9 Å². The van der Waals surface area contributed by atoms with Gasteiger partial charge in [0.1, 0.15) is 0 Å².